The highest BCUT2D eigenvalue weighted by atomic mass is 19.2. The smallest absolute Gasteiger partial charge is 0.254 e. The van der Waals surface area contributed by atoms with Crippen molar-refractivity contribution in [2.45, 2.75) is 13.5 Å². The maximum atomic E-state index is 13.5. The second-order valence-corrected chi connectivity index (χ2v) is 4.97. The third kappa shape index (κ3) is 4.05. The molecular weight excluding hydrogens is 342 g/mol. The third-order valence-corrected chi connectivity index (χ3v) is 3.33. The molecule has 134 valence electrons. The number of rotatable bonds is 6. The van der Waals surface area contributed by atoms with Crippen molar-refractivity contribution in [3.05, 3.63) is 52.9 Å². The molecule has 0 bridgehead atoms. The van der Waals surface area contributed by atoms with Crippen LogP contribution >= 0.6 is 0 Å². The molecule has 0 atom stereocenters. The van der Waals surface area contributed by atoms with Crippen molar-refractivity contribution in [1.82, 2.24) is 4.98 Å². The lowest BCUT2D eigenvalue weighted by atomic mass is 10.1. The van der Waals surface area contributed by atoms with Crippen molar-refractivity contribution in [2.24, 2.45) is 5.10 Å². The second-order valence-electron chi connectivity index (χ2n) is 4.97. The molecule has 1 aromatic carbocycles. The normalized spacial score (nSPS) is 11.6. The van der Waals surface area contributed by atoms with E-state index in [-0.39, 0.29) is 6.61 Å². The summed E-state index contributed by atoms with van der Waals surface area (Å²) in [7, 11) is 3.03. The van der Waals surface area contributed by atoms with Gasteiger partial charge in [0, 0.05) is 12.7 Å². The van der Waals surface area contributed by atoms with E-state index < -0.39 is 29.2 Å². The van der Waals surface area contributed by atoms with Gasteiger partial charge in [0.05, 0.1) is 19.4 Å². The van der Waals surface area contributed by atoms with Crippen LogP contribution in [0, 0.1) is 23.5 Å². The van der Waals surface area contributed by atoms with E-state index in [1.54, 1.807) is 25.1 Å². The van der Waals surface area contributed by atoms with Crippen molar-refractivity contribution in [3.63, 3.8) is 0 Å². The predicted octanol–water partition coefficient (Wildman–Crippen LogP) is 3.63. The van der Waals surface area contributed by atoms with Gasteiger partial charge in [-0.1, -0.05) is 0 Å². The van der Waals surface area contributed by atoms with Crippen LogP contribution in [0.15, 0.2) is 23.3 Å². The van der Waals surface area contributed by atoms with Gasteiger partial charge < -0.3 is 9.47 Å². The molecule has 1 heterocycles. The topological polar surface area (TPSA) is 55.7 Å². The van der Waals surface area contributed by atoms with Gasteiger partial charge in [0.25, 0.3) is 11.9 Å². The molecule has 2 rings (SSSR count). The molecule has 0 saturated carbocycles. The number of aromatic nitrogens is 1. The molecule has 0 spiro atoms. The van der Waals surface area contributed by atoms with Crippen molar-refractivity contribution in [3.8, 4) is 5.75 Å². The molecule has 9 heteroatoms. The largest absolute Gasteiger partial charge is 0.496 e. The summed E-state index contributed by atoms with van der Waals surface area (Å²) in [5.41, 5.74) is 2.58. The molecule has 0 fully saturated rings. The van der Waals surface area contributed by atoms with E-state index in [0.717, 1.165) is 5.56 Å². The number of ether oxygens (including phenoxy) is 2. The van der Waals surface area contributed by atoms with Crippen LogP contribution < -0.4 is 10.2 Å². The Balaban J connectivity index is 2.33. The number of anilines is 1. The minimum Gasteiger partial charge on any atom is -0.496 e. The Morgan fingerprint density at radius 3 is 2.32 bits per heavy atom. The van der Waals surface area contributed by atoms with Crippen molar-refractivity contribution in [1.29, 1.82) is 0 Å². The molecule has 5 nitrogen and oxygen atoms in total. The van der Waals surface area contributed by atoms with E-state index in [2.05, 4.69) is 10.1 Å². The van der Waals surface area contributed by atoms with Crippen LogP contribution in [0.3, 0.4) is 0 Å². The summed E-state index contributed by atoms with van der Waals surface area (Å²) in [5.74, 6) is -6.25. The molecule has 0 unspecified atom stereocenters. The fraction of sp³-hybridized carbons (Fsp3) is 0.250. The molecule has 0 radical (unpaired) electrons. The lowest BCUT2D eigenvalue weighted by Gasteiger charge is -2.11. The summed E-state index contributed by atoms with van der Waals surface area (Å²) in [6, 6.07) is 5.05. The Bertz CT molecular complexity index is 786. The number of methoxy groups -OCH3 is 2. The van der Waals surface area contributed by atoms with E-state index in [1.165, 1.54) is 14.2 Å². The first-order valence-corrected chi connectivity index (χ1v) is 7.05. The highest BCUT2D eigenvalue weighted by Crippen LogP contribution is 2.23. The molecular formula is C16H15F4N3O2. The first-order valence-electron chi connectivity index (χ1n) is 7.05. The second kappa shape index (κ2) is 7.93. The summed E-state index contributed by atoms with van der Waals surface area (Å²) < 4.78 is 63.5. The number of hydrogen-bond acceptors (Lipinski definition) is 5. The summed E-state index contributed by atoms with van der Waals surface area (Å²) in [5, 5.41) is 3.77. The van der Waals surface area contributed by atoms with Gasteiger partial charge in [0.2, 0.25) is 11.6 Å². The Morgan fingerprint density at radius 2 is 1.76 bits per heavy atom. The van der Waals surface area contributed by atoms with E-state index in [1.807, 2.05) is 5.43 Å². The minimum atomic E-state index is -1.76. The molecule has 0 saturated heterocycles. The van der Waals surface area contributed by atoms with Gasteiger partial charge in [0.1, 0.15) is 11.4 Å². The van der Waals surface area contributed by atoms with Crippen molar-refractivity contribution in [2.75, 3.05) is 19.6 Å². The highest BCUT2D eigenvalue weighted by Gasteiger charge is 2.20. The molecule has 1 aromatic heterocycles. The quantitative estimate of drug-likeness (QED) is 0.371. The van der Waals surface area contributed by atoms with Crippen LogP contribution in [0.4, 0.5) is 23.2 Å². The maximum Gasteiger partial charge on any atom is 0.254 e. The Morgan fingerprint density at radius 1 is 1.12 bits per heavy atom. The standard InChI is InChI=1S/C16H15F4N3O2/c1-8(9-4-5-11(25-3)10(6-9)7-24-2)22-23-14-12(17)15(19)21-16(20)13(14)18/h4-6H,7H2,1-3H3,(H,21,23)/b22-8-. The lowest BCUT2D eigenvalue weighted by Crippen LogP contribution is -2.08. The third-order valence-electron chi connectivity index (χ3n) is 3.33. The summed E-state index contributed by atoms with van der Waals surface area (Å²) in [6.45, 7) is 1.83. The molecule has 1 N–H and O–H groups in total. The summed E-state index contributed by atoms with van der Waals surface area (Å²) in [6.07, 6.45) is 0. The van der Waals surface area contributed by atoms with Crippen LogP contribution in [-0.4, -0.2) is 24.9 Å². The van der Waals surface area contributed by atoms with Crippen LogP contribution in [0.5, 0.6) is 5.75 Å². The molecule has 0 amide bonds. The number of hydrazone groups is 1. The van der Waals surface area contributed by atoms with Crippen molar-refractivity contribution < 1.29 is 27.0 Å². The Kier molecular flexibility index (Phi) is 5.92. The van der Waals surface area contributed by atoms with Gasteiger partial charge in [-0.05, 0) is 30.7 Å². The average molecular weight is 357 g/mol. The SMILES string of the molecule is COCc1cc(/C(C)=N\Nc2c(F)c(F)nc(F)c2F)ccc1OC. The zero-order chi connectivity index (χ0) is 18.6. The average Bonchev–Trinajstić information content (AvgIpc) is 2.60. The summed E-state index contributed by atoms with van der Waals surface area (Å²) in [4.78, 5) is 2.47. The van der Waals surface area contributed by atoms with E-state index in [4.69, 9.17) is 9.47 Å². The summed E-state index contributed by atoms with van der Waals surface area (Å²) >= 11 is 0. The number of benzene rings is 1. The van der Waals surface area contributed by atoms with Gasteiger partial charge in [-0.15, -0.1) is 0 Å². The number of nitrogens with zero attached hydrogens (tertiary/aromatic N) is 2. The number of halogens is 4. The van der Waals surface area contributed by atoms with Gasteiger partial charge in [-0.3, -0.25) is 5.43 Å². The monoisotopic (exact) mass is 357 g/mol. The zero-order valence-corrected chi connectivity index (χ0v) is 13.7. The Labute approximate surface area is 141 Å². The first-order chi connectivity index (χ1) is 11.9. The van der Waals surface area contributed by atoms with E-state index >= 15 is 0 Å². The van der Waals surface area contributed by atoms with E-state index in [9.17, 15) is 17.6 Å². The van der Waals surface area contributed by atoms with Crippen LogP contribution in [0.25, 0.3) is 0 Å². The fourth-order valence-electron chi connectivity index (χ4n) is 2.06. The van der Waals surface area contributed by atoms with E-state index in [0.29, 0.717) is 17.0 Å². The van der Waals surface area contributed by atoms with Crippen LogP contribution in [0.2, 0.25) is 0 Å². The predicted molar refractivity (Wildman–Crippen MR) is 83.6 cm³/mol. The fourth-order valence-corrected chi connectivity index (χ4v) is 2.06. The van der Waals surface area contributed by atoms with Crippen LogP contribution in [-0.2, 0) is 11.3 Å². The molecule has 0 aliphatic rings. The maximum absolute atomic E-state index is 13.5. The van der Waals surface area contributed by atoms with Crippen LogP contribution in [0.1, 0.15) is 18.1 Å². The molecule has 0 aliphatic heterocycles. The minimum absolute atomic E-state index is 0.280. The molecule has 25 heavy (non-hydrogen) atoms. The highest BCUT2D eigenvalue weighted by molar-refractivity contribution is 5.99. The molecule has 0 aliphatic carbocycles. The number of nitrogens with one attached hydrogen (secondary N) is 1. The first kappa shape index (κ1) is 18.7. The van der Waals surface area contributed by atoms with Crippen molar-refractivity contribution >= 4 is 11.4 Å². The number of pyridine rings is 1. The van der Waals surface area contributed by atoms with Gasteiger partial charge in [-0.2, -0.15) is 27.6 Å². The van der Waals surface area contributed by atoms with Gasteiger partial charge in [0.15, 0.2) is 0 Å². The Hall–Kier alpha value is -2.68. The number of hydrogen-bond donors (Lipinski definition) is 1. The lowest BCUT2D eigenvalue weighted by molar-refractivity contribution is 0.181. The zero-order valence-electron chi connectivity index (χ0n) is 13.7. The molecule has 2 aromatic rings. The van der Waals surface area contributed by atoms with Gasteiger partial charge in [-0.25, -0.2) is 0 Å². The van der Waals surface area contributed by atoms with Gasteiger partial charge >= 0.3 is 0 Å².